The fraction of sp³-hybridized carbons (Fsp3) is 0.500. The molecule has 0 unspecified atom stereocenters. The van der Waals surface area contributed by atoms with Gasteiger partial charge in [-0.15, -0.1) is 0 Å². The third-order valence-electron chi connectivity index (χ3n) is 2.36. The van der Waals surface area contributed by atoms with Crippen molar-refractivity contribution in [1.82, 2.24) is 5.32 Å². The van der Waals surface area contributed by atoms with Gasteiger partial charge in [0, 0.05) is 11.0 Å². The number of halogens is 1. The fourth-order valence-electron chi connectivity index (χ4n) is 1.44. The first-order valence-electron chi connectivity index (χ1n) is 5.40. The standard InChI is InChI=1S/C12H19BrN2/c1-10-8-11(4-5-12(10)13)9-15-7-3-2-6-14/h4-5,8,15H,2-3,6-7,9,14H2,1H3. The van der Waals surface area contributed by atoms with Crippen LogP contribution in [0.25, 0.3) is 0 Å². The van der Waals surface area contributed by atoms with E-state index >= 15 is 0 Å². The molecule has 1 rings (SSSR count). The highest BCUT2D eigenvalue weighted by atomic mass is 79.9. The summed E-state index contributed by atoms with van der Waals surface area (Å²) in [5.74, 6) is 0. The zero-order valence-corrected chi connectivity index (χ0v) is 10.8. The van der Waals surface area contributed by atoms with Crippen LogP contribution in [0.1, 0.15) is 24.0 Å². The molecule has 3 heteroatoms. The Hall–Kier alpha value is -0.380. The molecule has 0 amide bonds. The van der Waals surface area contributed by atoms with Crippen molar-refractivity contribution in [3.8, 4) is 0 Å². The van der Waals surface area contributed by atoms with Gasteiger partial charge in [-0.3, -0.25) is 0 Å². The van der Waals surface area contributed by atoms with Crippen molar-refractivity contribution in [2.24, 2.45) is 5.73 Å². The summed E-state index contributed by atoms with van der Waals surface area (Å²) in [5, 5.41) is 3.41. The van der Waals surface area contributed by atoms with Crippen molar-refractivity contribution < 1.29 is 0 Å². The maximum atomic E-state index is 5.43. The summed E-state index contributed by atoms with van der Waals surface area (Å²) in [5.41, 5.74) is 8.05. The van der Waals surface area contributed by atoms with Crippen LogP contribution in [0.15, 0.2) is 22.7 Å². The summed E-state index contributed by atoms with van der Waals surface area (Å²) in [6, 6.07) is 6.46. The number of benzene rings is 1. The number of hydrogen-bond acceptors (Lipinski definition) is 2. The van der Waals surface area contributed by atoms with Gasteiger partial charge in [0.05, 0.1) is 0 Å². The van der Waals surface area contributed by atoms with Gasteiger partial charge in [-0.1, -0.05) is 28.1 Å². The highest BCUT2D eigenvalue weighted by Crippen LogP contribution is 2.16. The van der Waals surface area contributed by atoms with E-state index in [1.54, 1.807) is 0 Å². The predicted molar refractivity (Wildman–Crippen MR) is 68.9 cm³/mol. The third-order valence-corrected chi connectivity index (χ3v) is 3.25. The number of nitrogens with one attached hydrogen (secondary N) is 1. The van der Waals surface area contributed by atoms with Crippen LogP contribution in [0.3, 0.4) is 0 Å². The van der Waals surface area contributed by atoms with Crippen LogP contribution in [0.4, 0.5) is 0 Å². The van der Waals surface area contributed by atoms with E-state index < -0.39 is 0 Å². The van der Waals surface area contributed by atoms with E-state index in [1.165, 1.54) is 15.6 Å². The molecule has 0 aliphatic heterocycles. The van der Waals surface area contributed by atoms with Crippen molar-refractivity contribution in [3.05, 3.63) is 33.8 Å². The van der Waals surface area contributed by atoms with Gasteiger partial charge in [-0.05, 0) is 50.0 Å². The average Bonchev–Trinajstić information content (AvgIpc) is 2.23. The minimum Gasteiger partial charge on any atom is -0.330 e. The van der Waals surface area contributed by atoms with Crippen LogP contribution in [0.5, 0.6) is 0 Å². The van der Waals surface area contributed by atoms with Gasteiger partial charge in [0.2, 0.25) is 0 Å². The molecule has 0 aliphatic carbocycles. The molecule has 0 aromatic heterocycles. The van der Waals surface area contributed by atoms with Gasteiger partial charge in [0.15, 0.2) is 0 Å². The summed E-state index contributed by atoms with van der Waals surface area (Å²) >= 11 is 3.50. The highest BCUT2D eigenvalue weighted by Gasteiger charge is 1.96. The number of aryl methyl sites for hydroxylation is 1. The fourth-order valence-corrected chi connectivity index (χ4v) is 1.69. The Kier molecular flexibility index (Phi) is 5.91. The lowest BCUT2D eigenvalue weighted by Gasteiger charge is -2.06. The second-order valence-corrected chi connectivity index (χ2v) is 4.61. The van der Waals surface area contributed by atoms with E-state index in [-0.39, 0.29) is 0 Å². The van der Waals surface area contributed by atoms with Crippen LogP contribution >= 0.6 is 15.9 Å². The van der Waals surface area contributed by atoms with E-state index in [0.717, 1.165) is 32.5 Å². The monoisotopic (exact) mass is 270 g/mol. The van der Waals surface area contributed by atoms with Crippen molar-refractivity contribution in [2.45, 2.75) is 26.3 Å². The van der Waals surface area contributed by atoms with Crippen molar-refractivity contribution in [3.63, 3.8) is 0 Å². The molecule has 0 saturated heterocycles. The molecule has 0 spiro atoms. The van der Waals surface area contributed by atoms with Crippen LogP contribution in [0.2, 0.25) is 0 Å². The average molecular weight is 271 g/mol. The van der Waals surface area contributed by atoms with Gasteiger partial charge in [0.25, 0.3) is 0 Å². The van der Waals surface area contributed by atoms with Gasteiger partial charge < -0.3 is 11.1 Å². The first-order chi connectivity index (χ1) is 7.24. The molecule has 0 bridgehead atoms. The van der Waals surface area contributed by atoms with Crippen LogP contribution in [-0.4, -0.2) is 13.1 Å². The van der Waals surface area contributed by atoms with Gasteiger partial charge >= 0.3 is 0 Å². The molecule has 0 atom stereocenters. The molecule has 1 aromatic carbocycles. The summed E-state index contributed by atoms with van der Waals surface area (Å²) in [6.45, 7) is 4.89. The molecule has 0 heterocycles. The maximum absolute atomic E-state index is 5.43. The second-order valence-electron chi connectivity index (χ2n) is 3.76. The minimum absolute atomic E-state index is 0.791. The number of unbranched alkanes of at least 4 members (excludes halogenated alkanes) is 1. The maximum Gasteiger partial charge on any atom is 0.0205 e. The number of hydrogen-bond donors (Lipinski definition) is 2. The zero-order chi connectivity index (χ0) is 11.1. The molecule has 0 radical (unpaired) electrons. The molecule has 2 nitrogen and oxygen atoms in total. The Morgan fingerprint density at radius 1 is 1.33 bits per heavy atom. The highest BCUT2D eigenvalue weighted by molar-refractivity contribution is 9.10. The summed E-state index contributed by atoms with van der Waals surface area (Å²) in [4.78, 5) is 0. The Bertz CT molecular complexity index is 300. The number of rotatable bonds is 6. The lowest BCUT2D eigenvalue weighted by molar-refractivity contribution is 0.627. The third kappa shape index (κ3) is 4.78. The lowest BCUT2D eigenvalue weighted by Crippen LogP contribution is -2.15. The van der Waals surface area contributed by atoms with Gasteiger partial charge in [-0.2, -0.15) is 0 Å². The normalized spacial score (nSPS) is 10.6. The molecule has 1 aromatic rings. The molecular formula is C12H19BrN2. The Morgan fingerprint density at radius 3 is 2.80 bits per heavy atom. The predicted octanol–water partition coefficient (Wildman–Crippen LogP) is 2.59. The second kappa shape index (κ2) is 6.99. The summed E-state index contributed by atoms with van der Waals surface area (Å²) < 4.78 is 1.18. The molecule has 0 fully saturated rings. The van der Waals surface area contributed by atoms with E-state index in [9.17, 15) is 0 Å². The lowest BCUT2D eigenvalue weighted by atomic mass is 10.1. The Morgan fingerprint density at radius 2 is 2.13 bits per heavy atom. The van der Waals surface area contributed by atoms with Gasteiger partial charge in [-0.25, -0.2) is 0 Å². The van der Waals surface area contributed by atoms with Crippen LogP contribution in [0, 0.1) is 6.92 Å². The van der Waals surface area contributed by atoms with Gasteiger partial charge in [0.1, 0.15) is 0 Å². The van der Waals surface area contributed by atoms with E-state index in [0.29, 0.717) is 0 Å². The van der Waals surface area contributed by atoms with Crippen LogP contribution < -0.4 is 11.1 Å². The first-order valence-corrected chi connectivity index (χ1v) is 6.19. The minimum atomic E-state index is 0.791. The molecule has 3 N–H and O–H groups in total. The van der Waals surface area contributed by atoms with E-state index in [1.807, 2.05) is 0 Å². The molecule has 15 heavy (non-hydrogen) atoms. The SMILES string of the molecule is Cc1cc(CNCCCCN)ccc1Br. The Labute approximate surface area is 100 Å². The van der Waals surface area contributed by atoms with Crippen LogP contribution in [-0.2, 0) is 6.54 Å². The smallest absolute Gasteiger partial charge is 0.0205 e. The molecular weight excluding hydrogens is 252 g/mol. The largest absolute Gasteiger partial charge is 0.330 e. The summed E-state index contributed by atoms with van der Waals surface area (Å²) in [7, 11) is 0. The first kappa shape index (κ1) is 12.7. The van der Waals surface area contributed by atoms with Crippen molar-refractivity contribution in [2.75, 3.05) is 13.1 Å². The summed E-state index contributed by atoms with van der Waals surface area (Å²) in [6.07, 6.45) is 2.26. The Balaban J connectivity index is 2.28. The topological polar surface area (TPSA) is 38.0 Å². The van der Waals surface area contributed by atoms with E-state index in [2.05, 4.69) is 46.4 Å². The number of nitrogens with two attached hydrogens (primary N) is 1. The van der Waals surface area contributed by atoms with Crippen molar-refractivity contribution in [1.29, 1.82) is 0 Å². The quantitative estimate of drug-likeness (QED) is 0.780. The van der Waals surface area contributed by atoms with Crippen molar-refractivity contribution >= 4 is 15.9 Å². The molecule has 0 saturated carbocycles. The molecule has 84 valence electrons. The zero-order valence-electron chi connectivity index (χ0n) is 9.22. The van der Waals surface area contributed by atoms with E-state index in [4.69, 9.17) is 5.73 Å². The molecule has 0 aliphatic rings.